The van der Waals surface area contributed by atoms with E-state index >= 15 is 0 Å². The minimum Gasteiger partial charge on any atom is -0.381 e. The van der Waals surface area contributed by atoms with E-state index in [0.717, 1.165) is 24.5 Å². The van der Waals surface area contributed by atoms with E-state index < -0.39 is 0 Å². The molecule has 2 aliphatic heterocycles. The van der Waals surface area contributed by atoms with E-state index in [0.29, 0.717) is 5.41 Å². The molecule has 0 aromatic rings. The van der Waals surface area contributed by atoms with Crippen LogP contribution >= 0.6 is 15.9 Å². The molecule has 0 radical (unpaired) electrons. The number of rotatable bonds is 3. The van der Waals surface area contributed by atoms with Gasteiger partial charge in [-0.3, -0.25) is 0 Å². The Hall–Kier alpha value is 0.400. The summed E-state index contributed by atoms with van der Waals surface area (Å²) in [5.74, 6) is 0.936. The predicted molar refractivity (Wildman–Crippen MR) is 71.1 cm³/mol. The fourth-order valence-corrected chi connectivity index (χ4v) is 3.57. The van der Waals surface area contributed by atoms with Gasteiger partial charge in [-0.05, 0) is 50.1 Å². The van der Waals surface area contributed by atoms with Crippen LogP contribution in [0.3, 0.4) is 0 Å². The maximum Gasteiger partial charge on any atom is 0.0472 e. The lowest BCUT2D eigenvalue weighted by Gasteiger charge is -2.42. The van der Waals surface area contributed by atoms with Crippen molar-refractivity contribution in [1.29, 1.82) is 0 Å². The van der Waals surface area contributed by atoms with E-state index in [2.05, 4.69) is 27.8 Å². The summed E-state index contributed by atoms with van der Waals surface area (Å²) in [6.07, 6.45) is 5.22. The van der Waals surface area contributed by atoms with Crippen LogP contribution in [0.2, 0.25) is 0 Å². The lowest BCUT2D eigenvalue weighted by molar-refractivity contribution is 0.00313. The van der Waals surface area contributed by atoms with Crippen molar-refractivity contribution < 1.29 is 4.74 Å². The third-order valence-corrected chi connectivity index (χ3v) is 5.46. The van der Waals surface area contributed by atoms with Gasteiger partial charge in [0.05, 0.1) is 0 Å². The molecule has 16 heavy (non-hydrogen) atoms. The molecule has 2 nitrogen and oxygen atoms in total. The minimum atomic E-state index is 0.485. The molecule has 0 atom stereocenters. The Morgan fingerprint density at radius 2 is 1.88 bits per heavy atom. The highest BCUT2D eigenvalue weighted by atomic mass is 79.9. The van der Waals surface area contributed by atoms with Gasteiger partial charge in [0.1, 0.15) is 0 Å². The van der Waals surface area contributed by atoms with Gasteiger partial charge in [-0.15, -0.1) is 0 Å². The largest absolute Gasteiger partial charge is 0.381 e. The van der Waals surface area contributed by atoms with Gasteiger partial charge in [0.15, 0.2) is 0 Å². The van der Waals surface area contributed by atoms with Gasteiger partial charge in [0, 0.05) is 25.1 Å². The summed E-state index contributed by atoms with van der Waals surface area (Å²) in [7, 11) is 0. The number of ether oxygens (including phenoxy) is 1. The van der Waals surface area contributed by atoms with Crippen LogP contribution < -0.4 is 0 Å². The fourth-order valence-electron chi connectivity index (χ4n) is 2.83. The molecule has 2 fully saturated rings. The summed E-state index contributed by atoms with van der Waals surface area (Å²) in [5.41, 5.74) is 0.485. The second-order valence-electron chi connectivity index (χ2n) is 5.70. The van der Waals surface area contributed by atoms with E-state index in [1.807, 2.05) is 0 Å². The molecule has 2 aliphatic rings. The second kappa shape index (κ2) is 5.83. The molecule has 0 N–H and O–H groups in total. The smallest absolute Gasteiger partial charge is 0.0472 e. The van der Waals surface area contributed by atoms with Gasteiger partial charge in [-0.2, -0.15) is 0 Å². The maximum atomic E-state index is 5.49. The van der Waals surface area contributed by atoms with Gasteiger partial charge in [-0.25, -0.2) is 0 Å². The molecule has 3 heteroatoms. The molecule has 0 aliphatic carbocycles. The first-order chi connectivity index (χ1) is 7.74. The zero-order chi connectivity index (χ0) is 11.4. The molecule has 0 aromatic heterocycles. The predicted octanol–water partition coefficient (Wildman–Crippen LogP) is 2.91. The zero-order valence-electron chi connectivity index (χ0n) is 10.4. The van der Waals surface area contributed by atoms with Crippen LogP contribution in [-0.2, 0) is 4.74 Å². The molecule has 94 valence electrons. The Kier molecular flexibility index (Phi) is 4.68. The van der Waals surface area contributed by atoms with E-state index in [1.54, 1.807) is 0 Å². The summed E-state index contributed by atoms with van der Waals surface area (Å²) in [6, 6.07) is 0. The molecule has 0 aromatic carbocycles. The molecular weight excluding hydrogens is 266 g/mol. The number of alkyl halides is 1. The van der Waals surface area contributed by atoms with Gasteiger partial charge in [-0.1, -0.05) is 22.9 Å². The highest BCUT2D eigenvalue weighted by Crippen LogP contribution is 2.34. The molecule has 2 rings (SSSR count). The maximum absolute atomic E-state index is 5.49. The van der Waals surface area contributed by atoms with Crippen LogP contribution in [0, 0.1) is 11.3 Å². The van der Waals surface area contributed by atoms with Crippen molar-refractivity contribution in [3.05, 3.63) is 0 Å². The average Bonchev–Trinajstić information content (AvgIpc) is 2.33. The zero-order valence-corrected chi connectivity index (χ0v) is 12.0. The van der Waals surface area contributed by atoms with Crippen LogP contribution in [0.1, 0.15) is 32.6 Å². The number of likely N-dealkylation sites (tertiary alicyclic amines) is 1. The van der Waals surface area contributed by atoms with Gasteiger partial charge in [0.2, 0.25) is 0 Å². The summed E-state index contributed by atoms with van der Waals surface area (Å²) in [4.78, 5) is 2.67. The first-order valence-corrected chi connectivity index (χ1v) is 7.72. The fraction of sp³-hybridized carbons (Fsp3) is 1.00. The van der Waals surface area contributed by atoms with Gasteiger partial charge >= 0.3 is 0 Å². The summed E-state index contributed by atoms with van der Waals surface area (Å²) >= 11 is 3.72. The number of hydrogen-bond donors (Lipinski definition) is 0. The van der Waals surface area contributed by atoms with Gasteiger partial charge in [0.25, 0.3) is 0 Å². The van der Waals surface area contributed by atoms with Crippen molar-refractivity contribution in [2.45, 2.75) is 32.6 Å². The molecule has 2 heterocycles. The van der Waals surface area contributed by atoms with Crippen LogP contribution in [0.5, 0.6) is 0 Å². The van der Waals surface area contributed by atoms with Crippen molar-refractivity contribution in [3.8, 4) is 0 Å². The molecule has 0 spiro atoms. The number of nitrogens with zero attached hydrogens (tertiary/aromatic N) is 1. The SMILES string of the molecule is CC1CCN(CC2(CBr)CCOCC2)CC1. The first kappa shape index (κ1) is 12.8. The quantitative estimate of drug-likeness (QED) is 0.741. The topological polar surface area (TPSA) is 12.5 Å². The first-order valence-electron chi connectivity index (χ1n) is 6.60. The van der Waals surface area contributed by atoms with Crippen molar-refractivity contribution in [1.82, 2.24) is 4.90 Å². The van der Waals surface area contributed by atoms with Crippen LogP contribution in [0.15, 0.2) is 0 Å². The third-order valence-electron chi connectivity index (χ3n) is 4.27. The summed E-state index contributed by atoms with van der Waals surface area (Å²) < 4.78 is 5.49. The standard InChI is InChI=1S/C13H24BrNO/c1-12-2-6-15(7-3-12)11-13(10-14)4-8-16-9-5-13/h12H,2-11H2,1H3. The van der Waals surface area contributed by atoms with Crippen LogP contribution in [0.4, 0.5) is 0 Å². The average molecular weight is 290 g/mol. The monoisotopic (exact) mass is 289 g/mol. The Morgan fingerprint density at radius 3 is 2.44 bits per heavy atom. The number of hydrogen-bond acceptors (Lipinski definition) is 2. The third kappa shape index (κ3) is 3.21. The highest BCUT2D eigenvalue weighted by molar-refractivity contribution is 9.09. The summed E-state index contributed by atoms with van der Waals surface area (Å²) in [6.45, 7) is 8.17. The molecule has 0 bridgehead atoms. The minimum absolute atomic E-state index is 0.485. The van der Waals surface area contributed by atoms with Crippen molar-refractivity contribution in [2.24, 2.45) is 11.3 Å². The number of halogens is 1. The van der Waals surface area contributed by atoms with Crippen LogP contribution in [-0.4, -0.2) is 43.1 Å². The van der Waals surface area contributed by atoms with E-state index in [-0.39, 0.29) is 0 Å². The van der Waals surface area contributed by atoms with Crippen molar-refractivity contribution in [2.75, 3.05) is 38.2 Å². The Balaban J connectivity index is 1.86. The Morgan fingerprint density at radius 1 is 1.25 bits per heavy atom. The highest BCUT2D eigenvalue weighted by Gasteiger charge is 2.34. The lowest BCUT2D eigenvalue weighted by Crippen LogP contribution is -2.45. The Bertz CT molecular complexity index is 208. The van der Waals surface area contributed by atoms with Crippen molar-refractivity contribution >= 4 is 15.9 Å². The number of piperidine rings is 1. The molecular formula is C13H24BrNO. The second-order valence-corrected chi connectivity index (χ2v) is 6.27. The van der Waals surface area contributed by atoms with Gasteiger partial charge < -0.3 is 9.64 Å². The lowest BCUT2D eigenvalue weighted by atomic mass is 9.81. The molecule has 2 saturated heterocycles. The molecule has 0 amide bonds. The van der Waals surface area contributed by atoms with Crippen LogP contribution in [0.25, 0.3) is 0 Å². The Labute approximate surface area is 108 Å². The molecule has 0 saturated carbocycles. The van der Waals surface area contributed by atoms with E-state index in [1.165, 1.54) is 45.3 Å². The normalized spacial score (nSPS) is 28.1. The summed E-state index contributed by atoms with van der Waals surface area (Å²) in [5, 5.41) is 1.13. The van der Waals surface area contributed by atoms with E-state index in [9.17, 15) is 0 Å². The van der Waals surface area contributed by atoms with Crippen molar-refractivity contribution in [3.63, 3.8) is 0 Å². The van der Waals surface area contributed by atoms with E-state index in [4.69, 9.17) is 4.74 Å². The molecule has 0 unspecified atom stereocenters.